The summed E-state index contributed by atoms with van der Waals surface area (Å²) in [6.07, 6.45) is 0. The molecule has 0 saturated carbocycles. The average molecular weight is 330 g/mol. The van der Waals surface area contributed by atoms with Crippen LogP contribution in [0.4, 0.5) is 14.9 Å². The van der Waals surface area contributed by atoms with Crippen LogP contribution in [0.2, 0.25) is 0 Å². The molecular weight excluding hydrogens is 311 g/mol. The lowest BCUT2D eigenvalue weighted by Gasteiger charge is -2.19. The lowest BCUT2D eigenvalue weighted by Crippen LogP contribution is -2.31. The number of ether oxygens (including phenoxy) is 1. The van der Waals surface area contributed by atoms with Gasteiger partial charge in [0.05, 0.1) is 18.4 Å². The first-order valence-corrected chi connectivity index (χ1v) is 7.37. The van der Waals surface area contributed by atoms with E-state index in [1.807, 2.05) is 31.2 Å². The Morgan fingerprint density at radius 2 is 1.92 bits per heavy atom. The third kappa shape index (κ3) is 4.10. The highest BCUT2D eigenvalue weighted by molar-refractivity contribution is 5.94. The van der Waals surface area contributed by atoms with Crippen LogP contribution in [0, 0.1) is 12.7 Å². The minimum atomic E-state index is -0.625. The van der Waals surface area contributed by atoms with Crippen LogP contribution in [-0.4, -0.2) is 31.1 Å². The van der Waals surface area contributed by atoms with Gasteiger partial charge in [-0.2, -0.15) is 0 Å². The highest BCUT2D eigenvalue weighted by Crippen LogP contribution is 2.18. The molecule has 0 fully saturated rings. The first-order valence-electron chi connectivity index (χ1n) is 7.37. The van der Waals surface area contributed by atoms with E-state index in [2.05, 4.69) is 10.1 Å². The van der Waals surface area contributed by atoms with Crippen molar-refractivity contribution >= 4 is 17.7 Å². The molecule has 0 heterocycles. The minimum Gasteiger partial charge on any atom is -0.465 e. The number of carbonyl (C=O) groups is 2. The molecule has 0 aliphatic heterocycles. The fourth-order valence-corrected chi connectivity index (χ4v) is 2.19. The molecule has 0 aromatic heterocycles. The van der Waals surface area contributed by atoms with Crippen molar-refractivity contribution in [3.8, 4) is 0 Å². The third-order valence-corrected chi connectivity index (χ3v) is 3.64. The van der Waals surface area contributed by atoms with Crippen LogP contribution in [0.3, 0.4) is 0 Å². The van der Waals surface area contributed by atoms with E-state index < -0.39 is 17.8 Å². The van der Waals surface area contributed by atoms with Crippen molar-refractivity contribution in [2.75, 3.05) is 19.5 Å². The van der Waals surface area contributed by atoms with Gasteiger partial charge in [0, 0.05) is 13.6 Å². The zero-order valence-electron chi connectivity index (χ0n) is 13.8. The summed E-state index contributed by atoms with van der Waals surface area (Å²) in [4.78, 5) is 25.2. The van der Waals surface area contributed by atoms with Gasteiger partial charge in [0.15, 0.2) is 0 Å². The molecule has 0 unspecified atom stereocenters. The maximum atomic E-state index is 13.9. The summed E-state index contributed by atoms with van der Waals surface area (Å²) in [5, 5.41) is 2.47. The van der Waals surface area contributed by atoms with E-state index in [0.717, 1.165) is 17.2 Å². The second-order valence-corrected chi connectivity index (χ2v) is 5.40. The molecular formula is C18H19FN2O3. The first kappa shape index (κ1) is 17.5. The maximum Gasteiger partial charge on any atom is 0.337 e. The molecule has 24 heavy (non-hydrogen) atoms. The van der Waals surface area contributed by atoms with Gasteiger partial charge in [-0.3, -0.25) is 0 Å². The summed E-state index contributed by atoms with van der Waals surface area (Å²) >= 11 is 0. The quantitative estimate of drug-likeness (QED) is 0.872. The Bertz CT molecular complexity index is 762. The Hall–Kier alpha value is -2.89. The fourth-order valence-electron chi connectivity index (χ4n) is 2.19. The van der Waals surface area contributed by atoms with E-state index in [-0.39, 0.29) is 11.3 Å². The molecule has 6 heteroatoms. The SMILES string of the molecule is COC(=O)c1ccc(F)c(NC(=O)N(C)Cc2ccccc2C)c1. The van der Waals surface area contributed by atoms with Crippen molar-refractivity contribution < 1.29 is 18.7 Å². The summed E-state index contributed by atoms with van der Waals surface area (Å²) in [6.45, 7) is 2.34. The molecule has 2 aromatic rings. The van der Waals surface area contributed by atoms with Gasteiger partial charge in [0.1, 0.15) is 5.82 Å². The molecule has 126 valence electrons. The first-order chi connectivity index (χ1) is 11.4. The van der Waals surface area contributed by atoms with E-state index in [9.17, 15) is 14.0 Å². The topological polar surface area (TPSA) is 58.6 Å². The molecule has 0 bridgehead atoms. The number of carbonyl (C=O) groups excluding carboxylic acids is 2. The van der Waals surface area contributed by atoms with E-state index in [1.165, 1.54) is 24.1 Å². The fraction of sp³-hybridized carbons (Fsp3) is 0.222. The van der Waals surface area contributed by atoms with Crippen molar-refractivity contribution in [2.45, 2.75) is 13.5 Å². The van der Waals surface area contributed by atoms with Crippen LogP contribution in [-0.2, 0) is 11.3 Å². The number of aryl methyl sites for hydroxylation is 1. The van der Waals surface area contributed by atoms with Gasteiger partial charge >= 0.3 is 12.0 Å². The third-order valence-electron chi connectivity index (χ3n) is 3.64. The standard InChI is InChI=1S/C18H19FN2O3/c1-12-6-4-5-7-14(12)11-21(2)18(23)20-16-10-13(17(22)24-3)8-9-15(16)19/h4-10H,11H2,1-3H3,(H,20,23). The van der Waals surface area contributed by atoms with Crippen LogP contribution in [0.15, 0.2) is 42.5 Å². The molecule has 5 nitrogen and oxygen atoms in total. The molecule has 0 aliphatic rings. The predicted molar refractivity (Wildman–Crippen MR) is 89.4 cm³/mol. The normalized spacial score (nSPS) is 10.2. The Balaban J connectivity index is 2.11. The molecule has 0 aliphatic carbocycles. The minimum absolute atomic E-state index is 0.0699. The van der Waals surface area contributed by atoms with Gasteiger partial charge in [-0.25, -0.2) is 14.0 Å². The van der Waals surface area contributed by atoms with Crippen LogP contribution in [0.5, 0.6) is 0 Å². The number of hydrogen-bond donors (Lipinski definition) is 1. The number of amides is 2. The number of benzene rings is 2. The molecule has 2 aromatic carbocycles. The number of nitrogens with one attached hydrogen (secondary N) is 1. The number of nitrogens with zero attached hydrogens (tertiary/aromatic N) is 1. The van der Waals surface area contributed by atoms with Gasteiger partial charge in [0.2, 0.25) is 0 Å². The maximum absolute atomic E-state index is 13.9. The number of anilines is 1. The van der Waals surface area contributed by atoms with Gasteiger partial charge in [-0.1, -0.05) is 24.3 Å². The van der Waals surface area contributed by atoms with Crippen molar-refractivity contribution in [2.24, 2.45) is 0 Å². The highest BCUT2D eigenvalue weighted by Gasteiger charge is 2.15. The van der Waals surface area contributed by atoms with E-state index in [1.54, 1.807) is 7.05 Å². The Kier molecular flexibility index (Phi) is 5.52. The molecule has 2 amide bonds. The van der Waals surface area contributed by atoms with Crippen LogP contribution >= 0.6 is 0 Å². The second-order valence-electron chi connectivity index (χ2n) is 5.40. The predicted octanol–water partition coefficient (Wildman–Crippen LogP) is 3.58. The number of rotatable bonds is 4. The van der Waals surface area contributed by atoms with E-state index >= 15 is 0 Å². The Labute approximate surface area is 140 Å². The molecule has 1 N–H and O–H groups in total. The molecule has 0 atom stereocenters. The monoisotopic (exact) mass is 330 g/mol. The molecule has 0 spiro atoms. The van der Waals surface area contributed by atoms with Crippen LogP contribution < -0.4 is 5.32 Å². The number of urea groups is 1. The molecule has 0 saturated heterocycles. The van der Waals surface area contributed by atoms with Gasteiger partial charge < -0.3 is 15.0 Å². The molecule has 0 radical (unpaired) electrons. The smallest absolute Gasteiger partial charge is 0.337 e. The van der Waals surface area contributed by atoms with Gasteiger partial charge in [-0.05, 0) is 36.2 Å². The van der Waals surface area contributed by atoms with Crippen LogP contribution in [0.1, 0.15) is 21.5 Å². The Morgan fingerprint density at radius 3 is 2.58 bits per heavy atom. The van der Waals surface area contributed by atoms with Gasteiger partial charge in [-0.15, -0.1) is 0 Å². The highest BCUT2D eigenvalue weighted by atomic mass is 19.1. The van der Waals surface area contributed by atoms with Gasteiger partial charge in [0.25, 0.3) is 0 Å². The van der Waals surface area contributed by atoms with E-state index in [0.29, 0.717) is 6.54 Å². The number of esters is 1. The van der Waals surface area contributed by atoms with Crippen molar-refractivity contribution in [3.05, 3.63) is 65.0 Å². The summed E-state index contributed by atoms with van der Waals surface area (Å²) in [6, 6.07) is 10.9. The number of methoxy groups -OCH3 is 1. The van der Waals surface area contributed by atoms with Crippen molar-refractivity contribution in [3.63, 3.8) is 0 Å². The zero-order valence-corrected chi connectivity index (χ0v) is 13.8. The Morgan fingerprint density at radius 1 is 1.21 bits per heavy atom. The summed E-state index contributed by atoms with van der Waals surface area (Å²) in [5.74, 6) is -1.22. The van der Waals surface area contributed by atoms with E-state index in [4.69, 9.17) is 0 Å². The lowest BCUT2D eigenvalue weighted by atomic mass is 10.1. The summed E-state index contributed by atoms with van der Waals surface area (Å²) < 4.78 is 18.5. The average Bonchev–Trinajstić information content (AvgIpc) is 2.58. The zero-order chi connectivity index (χ0) is 17.7. The second kappa shape index (κ2) is 7.59. The lowest BCUT2D eigenvalue weighted by molar-refractivity contribution is 0.0600. The largest absolute Gasteiger partial charge is 0.465 e. The van der Waals surface area contributed by atoms with Crippen molar-refractivity contribution in [1.29, 1.82) is 0 Å². The summed E-state index contributed by atoms with van der Waals surface area (Å²) in [7, 11) is 2.85. The summed E-state index contributed by atoms with van der Waals surface area (Å²) in [5.41, 5.74) is 2.16. The van der Waals surface area contributed by atoms with Crippen LogP contribution in [0.25, 0.3) is 0 Å². The number of halogens is 1. The molecule has 2 rings (SSSR count). The number of hydrogen-bond acceptors (Lipinski definition) is 3. The van der Waals surface area contributed by atoms with Crippen molar-refractivity contribution in [1.82, 2.24) is 4.90 Å².